The quantitative estimate of drug-likeness (QED) is 0.398. The van der Waals surface area contributed by atoms with Crippen LogP contribution in [0.5, 0.6) is 0 Å². The Labute approximate surface area is 122 Å². The van der Waals surface area contributed by atoms with Gasteiger partial charge in [-0.25, -0.2) is 0 Å². The molecule has 0 fully saturated rings. The van der Waals surface area contributed by atoms with Gasteiger partial charge in [0.1, 0.15) is 0 Å². The summed E-state index contributed by atoms with van der Waals surface area (Å²) in [7, 11) is 4.50. The molecule has 7 heteroatoms. The Kier molecular flexibility index (Phi) is 41.7. The fraction of sp³-hybridized carbons (Fsp3) is 0.846. The number of hydrogen-bond donors (Lipinski definition) is 5. The molecule has 0 bridgehead atoms. The molecule has 0 aromatic carbocycles. The molecule has 0 aromatic heterocycles. The monoisotopic (exact) mass is 295 g/mol. The molecular formula is C13H33N3O4. The molecule has 0 heterocycles. The Morgan fingerprint density at radius 2 is 0.800 bits per heavy atom. The van der Waals surface area contributed by atoms with Crippen molar-refractivity contribution in [2.45, 2.75) is 51.4 Å². The van der Waals surface area contributed by atoms with Gasteiger partial charge in [-0.3, -0.25) is 9.59 Å². The zero-order chi connectivity index (χ0) is 16.8. The summed E-state index contributed by atoms with van der Waals surface area (Å²) < 4.78 is 0. The summed E-state index contributed by atoms with van der Waals surface area (Å²) in [5.41, 5.74) is 13.5. The Hall–Kier alpha value is -1.18. The van der Waals surface area contributed by atoms with Crippen molar-refractivity contribution in [2.24, 2.45) is 17.2 Å². The first-order valence-corrected chi connectivity index (χ1v) is 6.79. The van der Waals surface area contributed by atoms with Crippen molar-refractivity contribution in [3.63, 3.8) is 0 Å². The molecule has 0 rings (SSSR count). The van der Waals surface area contributed by atoms with Crippen LogP contribution in [-0.2, 0) is 9.59 Å². The molecule has 0 radical (unpaired) electrons. The summed E-state index contributed by atoms with van der Waals surface area (Å²) in [5.74, 6) is -1.48. The summed E-state index contributed by atoms with van der Waals surface area (Å²) in [6, 6.07) is 0. The molecule has 0 amide bonds. The van der Waals surface area contributed by atoms with Gasteiger partial charge in [-0.05, 0) is 34.0 Å². The third-order valence-electron chi connectivity index (χ3n) is 2.03. The summed E-state index contributed by atoms with van der Waals surface area (Å²) in [4.78, 5) is 20.3. The fourth-order valence-corrected chi connectivity index (χ4v) is 1.26. The maximum atomic E-state index is 10.1. The zero-order valence-electron chi connectivity index (χ0n) is 13.1. The van der Waals surface area contributed by atoms with E-state index in [0.717, 1.165) is 38.5 Å². The average molecular weight is 295 g/mol. The van der Waals surface area contributed by atoms with Gasteiger partial charge in [-0.1, -0.05) is 25.7 Å². The first-order chi connectivity index (χ1) is 9.63. The molecule has 0 saturated carbocycles. The highest BCUT2D eigenvalue weighted by atomic mass is 16.4. The molecular weight excluding hydrogens is 262 g/mol. The lowest BCUT2D eigenvalue weighted by molar-refractivity contribution is -0.138. The van der Waals surface area contributed by atoms with E-state index in [-0.39, 0.29) is 12.8 Å². The standard InChI is InChI=1S/C10H18O4.3CH5N/c11-9(12)7-5-3-1-2-4-6-8-10(13)14;3*1-2/h1-8H2,(H,11,12)(H,13,14);3*2H2,1H3. The second kappa shape index (κ2) is 30.7. The van der Waals surface area contributed by atoms with Crippen molar-refractivity contribution >= 4 is 11.9 Å². The van der Waals surface area contributed by atoms with E-state index in [1.54, 1.807) is 0 Å². The van der Waals surface area contributed by atoms with Crippen LogP contribution in [0, 0.1) is 0 Å². The highest BCUT2D eigenvalue weighted by Gasteiger charge is 1.98. The fourth-order valence-electron chi connectivity index (χ4n) is 1.26. The van der Waals surface area contributed by atoms with Crippen LogP contribution in [0.3, 0.4) is 0 Å². The second-order valence-corrected chi connectivity index (χ2v) is 3.41. The molecule has 0 saturated heterocycles. The van der Waals surface area contributed by atoms with E-state index >= 15 is 0 Å². The van der Waals surface area contributed by atoms with E-state index in [9.17, 15) is 9.59 Å². The van der Waals surface area contributed by atoms with Gasteiger partial charge in [-0.2, -0.15) is 0 Å². The maximum absolute atomic E-state index is 10.1. The number of nitrogens with two attached hydrogens (primary N) is 3. The maximum Gasteiger partial charge on any atom is 0.303 e. The largest absolute Gasteiger partial charge is 0.481 e. The minimum absolute atomic E-state index is 0.245. The molecule has 0 spiro atoms. The molecule has 0 atom stereocenters. The molecule has 0 unspecified atom stereocenters. The SMILES string of the molecule is CN.CN.CN.O=C(O)CCCCCCCCC(=O)O. The predicted octanol–water partition coefficient (Wildman–Crippen LogP) is 1.00. The van der Waals surface area contributed by atoms with Crippen LogP contribution in [0.15, 0.2) is 0 Å². The predicted molar refractivity (Wildman–Crippen MR) is 82.5 cm³/mol. The van der Waals surface area contributed by atoms with Crippen LogP contribution in [-0.4, -0.2) is 43.3 Å². The first-order valence-electron chi connectivity index (χ1n) is 6.79. The lowest BCUT2D eigenvalue weighted by atomic mass is 10.1. The molecule has 7 nitrogen and oxygen atoms in total. The van der Waals surface area contributed by atoms with Crippen LogP contribution in [0.1, 0.15) is 51.4 Å². The van der Waals surface area contributed by atoms with Gasteiger partial charge in [0.15, 0.2) is 0 Å². The van der Waals surface area contributed by atoms with Crippen LogP contribution in [0.25, 0.3) is 0 Å². The summed E-state index contributed by atoms with van der Waals surface area (Å²) in [5, 5.41) is 16.7. The van der Waals surface area contributed by atoms with Crippen molar-refractivity contribution < 1.29 is 19.8 Å². The summed E-state index contributed by atoms with van der Waals surface area (Å²) in [6.45, 7) is 0. The first kappa shape index (κ1) is 27.2. The van der Waals surface area contributed by atoms with Gasteiger partial charge in [0.2, 0.25) is 0 Å². The van der Waals surface area contributed by atoms with Crippen molar-refractivity contribution in [1.82, 2.24) is 0 Å². The Balaban J connectivity index is -0.000000187. The molecule has 20 heavy (non-hydrogen) atoms. The van der Waals surface area contributed by atoms with E-state index in [4.69, 9.17) is 10.2 Å². The molecule has 0 aliphatic rings. The average Bonchev–Trinajstić information content (AvgIpc) is 2.47. The zero-order valence-corrected chi connectivity index (χ0v) is 13.1. The molecule has 8 N–H and O–H groups in total. The third-order valence-corrected chi connectivity index (χ3v) is 2.03. The van der Waals surface area contributed by atoms with E-state index in [1.807, 2.05) is 0 Å². The lowest BCUT2D eigenvalue weighted by Crippen LogP contribution is -1.94. The van der Waals surface area contributed by atoms with Gasteiger partial charge in [0.05, 0.1) is 0 Å². The van der Waals surface area contributed by atoms with Crippen molar-refractivity contribution in [2.75, 3.05) is 21.1 Å². The third kappa shape index (κ3) is 43.7. The number of aliphatic carboxylic acids is 2. The summed E-state index contributed by atoms with van der Waals surface area (Å²) >= 11 is 0. The van der Waals surface area contributed by atoms with E-state index in [2.05, 4.69) is 17.2 Å². The highest BCUT2D eigenvalue weighted by Crippen LogP contribution is 2.08. The minimum atomic E-state index is -0.740. The Bertz CT molecular complexity index is 170. The number of carbonyl (C=O) groups is 2. The number of hydrogen-bond acceptors (Lipinski definition) is 5. The molecule has 0 aliphatic carbocycles. The van der Waals surface area contributed by atoms with Gasteiger partial charge >= 0.3 is 11.9 Å². The molecule has 124 valence electrons. The van der Waals surface area contributed by atoms with Gasteiger partial charge in [-0.15, -0.1) is 0 Å². The van der Waals surface area contributed by atoms with Gasteiger partial charge in [0, 0.05) is 12.8 Å². The van der Waals surface area contributed by atoms with E-state index in [1.165, 1.54) is 21.1 Å². The highest BCUT2D eigenvalue weighted by molar-refractivity contribution is 5.66. The number of carboxylic acids is 2. The number of rotatable bonds is 9. The lowest BCUT2D eigenvalue weighted by Gasteiger charge is -1.98. The summed E-state index contributed by atoms with van der Waals surface area (Å²) in [6.07, 6.45) is 5.82. The van der Waals surface area contributed by atoms with Gasteiger partial charge < -0.3 is 27.4 Å². The van der Waals surface area contributed by atoms with Gasteiger partial charge in [0.25, 0.3) is 0 Å². The minimum Gasteiger partial charge on any atom is -0.481 e. The topological polar surface area (TPSA) is 153 Å². The van der Waals surface area contributed by atoms with Crippen LogP contribution in [0.4, 0.5) is 0 Å². The number of carboxylic acid groups (broad SMARTS) is 2. The van der Waals surface area contributed by atoms with E-state index < -0.39 is 11.9 Å². The Morgan fingerprint density at radius 1 is 0.600 bits per heavy atom. The number of unbranched alkanes of at least 4 members (excludes halogenated alkanes) is 5. The van der Waals surface area contributed by atoms with Crippen molar-refractivity contribution in [1.29, 1.82) is 0 Å². The van der Waals surface area contributed by atoms with Crippen molar-refractivity contribution in [3.8, 4) is 0 Å². The van der Waals surface area contributed by atoms with Crippen LogP contribution < -0.4 is 17.2 Å². The van der Waals surface area contributed by atoms with Crippen molar-refractivity contribution in [3.05, 3.63) is 0 Å². The van der Waals surface area contributed by atoms with Crippen LogP contribution in [0.2, 0.25) is 0 Å². The molecule has 0 aromatic rings. The smallest absolute Gasteiger partial charge is 0.303 e. The second-order valence-electron chi connectivity index (χ2n) is 3.41. The Morgan fingerprint density at radius 3 is 1.00 bits per heavy atom. The van der Waals surface area contributed by atoms with E-state index in [0.29, 0.717) is 0 Å². The van der Waals surface area contributed by atoms with Crippen LogP contribution >= 0.6 is 0 Å². The normalized spacial score (nSPS) is 7.90. The molecule has 0 aliphatic heterocycles.